The van der Waals surface area contributed by atoms with Crippen molar-refractivity contribution in [3.8, 4) is 0 Å². The summed E-state index contributed by atoms with van der Waals surface area (Å²) in [6.45, 7) is 0. The van der Waals surface area contributed by atoms with Crippen LogP contribution in [-0.4, -0.2) is 34.4 Å². The van der Waals surface area contributed by atoms with Gasteiger partial charge < -0.3 is 10.2 Å². The van der Waals surface area contributed by atoms with Gasteiger partial charge in [-0.15, -0.1) is 11.8 Å². The van der Waals surface area contributed by atoms with Crippen molar-refractivity contribution in [2.45, 2.75) is 6.04 Å². The summed E-state index contributed by atoms with van der Waals surface area (Å²) in [5.74, 6) is -3.34. The van der Waals surface area contributed by atoms with Crippen LogP contribution in [0.3, 0.4) is 0 Å². The molecule has 1 N–H and O–H groups in total. The normalized spacial score (nSPS) is 16.8. The van der Waals surface area contributed by atoms with Crippen LogP contribution in [0.5, 0.6) is 0 Å². The number of para-hydroxylation sites is 1. The van der Waals surface area contributed by atoms with Gasteiger partial charge in [0.2, 0.25) is 5.91 Å². The highest BCUT2D eigenvalue weighted by molar-refractivity contribution is 7.99. The highest BCUT2D eigenvalue weighted by atomic mass is 32.2. The highest BCUT2D eigenvalue weighted by Crippen LogP contribution is 2.25. The molecule has 4 nitrogen and oxygen atoms in total. The maximum Gasteiger partial charge on any atom is 0.255 e. The first kappa shape index (κ1) is 17.3. The Kier molecular flexibility index (Phi) is 4.98. The van der Waals surface area contributed by atoms with E-state index in [1.165, 1.54) is 34.9 Å². The molecular formula is C17H13F3N2O2S. The van der Waals surface area contributed by atoms with Gasteiger partial charge in [0.1, 0.15) is 11.9 Å². The lowest BCUT2D eigenvalue weighted by Crippen LogP contribution is -2.44. The molecule has 130 valence electrons. The number of hydrogen-bond acceptors (Lipinski definition) is 3. The molecule has 1 fully saturated rings. The van der Waals surface area contributed by atoms with Crippen molar-refractivity contribution >= 4 is 29.3 Å². The summed E-state index contributed by atoms with van der Waals surface area (Å²) >= 11 is 1.35. The molecule has 1 aliphatic rings. The molecule has 2 aromatic carbocycles. The maximum atomic E-state index is 13.7. The Morgan fingerprint density at radius 1 is 1.04 bits per heavy atom. The van der Waals surface area contributed by atoms with Gasteiger partial charge in [-0.3, -0.25) is 9.59 Å². The number of carbonyl (C=O) groups excluding carboxylic acids is 2. The molecule has 2 amide bonds. The van der Waals surface area contributed by atoms with Crippen LogP contribution in [0.1, 0.15) is 10.4 Å². The first-order valence-corrected chi connectivity index (χ1v) is 8.52. The van der Waals surface area contributed by atoms with E-state index >= 15 is 0 Å². The van der Waals surface area contributed by atoms with Crippen LogP contribution in [0.2, 0.25) is 0 Å². The zero-order valence-electron chi connectivity index (χ0n) is 12.8. The number of benzene rings is 2. The number of thioether (sulfide) groups is 1. The molecule has 1 aliphatic heterocycles. The molecule has 0 bridgehead atoms. The van der Waals surface area contributed by atoms with Crippen molar-refractivity contribution in [2.75, 3.05) is 16.9 Å². The van der Waals surface area contributed by atoms with Gasteiger partial charge in [0, 0.05) is 11.3 Å². The predicted molar refractivity (Wildman–Crippen MR) is 88.7 cm³/mol. The summed E-state index contributed by atoms with van der Waals surface area (Å²) in [4.78, 5) is 26.2. The second-order valence-electron chi connectivity index (χ2n) is 5.39. The molecule has 0 saturated carbocycles. The maximum absolute atomic E-state index is 13.7. The van der Waals surface area contributed by atoms with Gasteiger partial charge in [-0.1, -0.05) is 12.1 Å². The Morgan fingerprint density at radius 3 is 2.52 bits per heavy atom. The van der Waals surface area contributed by atoms with E-state index in [2.05, 4.69) is 5.32 Å². The summed E-state index contributed by atoms with van der Waals surface area (Å²) < 4.78 is 40.0. The zero-order valence-corrected chi connectivity index (χ0v) is 13.7. The third-order valence-corrected chi connectivity index (χ3v) is 4.76. The summed E-state index contributed by atoms with van der Waals surface area (Å²) in [6.07, 6.45) is 0. The number of anilines is 1. The van der Waals surface area contributed by atoms with Gasteiger partial charge in [0.05, 0.1) is 11.6 Å². The van der Waals surface area contributed by atoms with Crippen molar-refractivity contribution in [1.82, 2.24) is 4.90 Å². The van der Waals surface area contributed by atoms with Crippen LogP contribution in [0.25, 0.3) is 0 Å². The smallest absolute Gasteiger partial charge is 0.255 e. The van der Waals surface area contributed by atoms with E-state index in [1.807, 2.05) is 0 Å². The van der Waals surface area contributed by atoms with Crippen molar-refractivity contribution in [3.05, 3.63) is 65.5 Å². The largest absolute Gasteiger partial charge is 0.322 e. The molecule has 0 aromatic heterocycles. The monoisotopic (exact) mass is 366 g/mol. The van der Waals surface area contributed by atoms with Gasteiger partial charge in [-0.05, 0) is 30.3 Å². The van der Waals surface area contributed by atoms with E-state index in [0.717, 1.165) is 18.2 Å². The molecule has 3 rings (SSSR count). The Bertz CT molecular complexity index is 831. The van der Waals surface area contributed by atoms with E-state index in [0.29, 0.717) is 5.75 Å². The number of nitrogens with zero attached hydrogens (tertiary/aromatic N) is 1. The first-order valence-electron chi connectivity index (χ1n) is 7.36. The van der Waals surface area contributed by atoms with E-state index in [1.54, 1.807) is 6.07 Å². The number of halogens is 3. The third kappa shape index (κ3) is 3.63. The predicted octanol–water partition coefficient (Wildman–Crippen LogP) is 3.26. The minimum atomic E-state index is -1.13. The number of hydrogen-bond donors (Lipinski definition) is 1. The van der Waals surface area contributed by atoms with Crippen LogP contribution in [0, 0.1) is 17.5 Å². The highest BCUT2D eigenvalue weighted by Gasteiger charge is 2.35. The molecule has 1 atom stereocenters. The Morgan fingerprint density at radius 2 is 1.80 bits per heavy atom. The van der Waals surface area contributed by atoms with Crippen LogP contribution in [-0.2, 0) is 4.79 Å². The Hall–Kier alpha value is -2.48. The van der Waals surface area contributed by atoms with Gasteiger partial charge in [-0.2, -0.15) is 0 Å². The topological polar surface area (TPSA) is 49.4 Å². The molecule has 25 heavy (non-hydrogen) atoms. The van der Waals surface area contributed by atoms with Gasteiger partial charge >= 0.3 is 0 Å². The lowest BCUT2D eigenvalue weighted by molar-refractivity contribution is -0.119. The van der Waals surface area contributed by atoms with E-state index in [-0.39, 0.29) is 17.1 Å². The first-order chi connectivity index (χ1) is 12.0. The molecular weight excluding hydrogens is 353 g/mol. The van der Waals surface area contributed by atoms with Crippen molar-refractivity contribution in [3.63, 3.8) is 0 Å². The van der Waals surface area contributed by atoms with Gasteiger partial charge in [0.15, 0.2) is 11.6 Å². The molecule has 8 heteroatoms. The molecule has 1 saturated heterocycles. The fourth-order valence-electron chi connectivity index (χ4n) is 2.43. The summed E-state index contributed by atoms with van der Waals surface area (Å²) in [6, 6.07) is 7.69. The Balaban J connectivity index is 1.77. The molecule has 0 spiro atoms. The molecule has 0 unspecified atom stereocenters. The van der Waals surface area contributed by atoms with Crippen LogP contribution in [0.15, 0.2) is 42.5 Å². The average Bonchev–Trinajstić information content (AvgIpc) is 3.08. The molecule has 1 heterocycles. The number of amides is 2. The molecule has 2 aromatic rings. The summed E-state index contributed by atoms with van der Waals surface area (Å²) in [7, 11) is 0. The quantitative estimate of drug-likeness (QED) is 0.907. The van der Waals surface area contributed by atoms with Crippen LogP contribution < -0.4 is 5.32 Å². The molecule has 0 radical (unpaired) electrons. The number of rotatable bonds is 3. The van der Waals surface area contributed by atoms with Gasteiger partial charge in [0.25, 0.3) is 5.91 Å². The molecule has 0 aliphatic carbocycles. The summed E-state index contributed by atoms with van der Waals surface area (Å²) in [5, 5.41) is 2.45. The van der Waals surface area contributed by atoms with E-state index in [9.17, 15) is 22.8 Å². The second kappa shape index (κ2) is 7.18. The zero-order chi connectivity index (χ0) is 18.0. The van der Waals surface area contributed by atoms with Gasteiger partial charge in [-0.25, -0.2) is 13.2 Å². The second-order valence-corrected chi connectivity index (χ2v) is 6.39. The third-order valence-electron chi connectivity index (χ3n) is 3.74. The fraction of sp³-hybridized carbons (Fsp3) is 0.176. The number of nitrogens with one attached hydrogen (secondary N) is 1. The van der Waals surface area contributed by atoms with Crippen molar-refractivity contribution in [1.29, 1.82) is 0 Å². The minimum Gasteiger partial charge on any atom is -0.322 e. The average molecular weight is 366 g/mol. The number of carbonyl (C=O) groups is 2. The standard InChI is InChI=1S/C17H13F3N2O2S/c18-11-6-5-10(7-13(11)20)17(24)22-9-25-8-15(22)16(23)21-14-4-2-1-3-12(14)19/h1-7,15H,8-9H2,(H,21,23)/t15-/m1/s1. The Labute approximate surface area is 146 Å². The van der Waals surface area contributed by atoms with Crippen molar-refractivity contribution < 1.29 is 22.8 Å². The van der Waals surface area contributed by atoms with E-state index < -0.39 is 35.3 Å². The summed E-state index contributed by atoms with van der Waals surface area (Å²) in [5.41, 5.74) is -0.0327. The lowest BCUT2D eigenvalue weighted by atomic mass is 10.1. The van der Waals surface area contributed by atoms with Crippen molar-refractivity contribution in [2.24, 2.45) is 0 Å². The minimum absolute atomic E-state index is 0.0182. The van der Waals surface area contributed by atoms with E-state index in [4.69, 9.17) is 0 Å². The SMILES string of the molecule is O=C(Nc1ccccc1F)[C@H]1CSCN1C(=O)c1ccc(F)c(F)c1. The van der Waals surface area contributed by atoms with Crippen LogP contribution in [0.4, 0.5) is 18.9 Å². The fourth-order valence-corrected chi connectivity index (χ4v) is 3.59. The van der Waals surface area contributed by atoms with Crippen LogP contribution >= 0.6 is 11.8 Å². The lowest BCUT2D eigenvalue weighted by Gasteiger charge is -2.23.